The van der Waals surface area contributed by atoms with Gasteiger partial charge in [0, 0.05) is 0 Å². The highest BCUT2D eigenvalue weighted by molar-refractivity contribution is 5.91. The highest BCUT2D eigenvalue weighted by Gasteiger charge is 2.25. The number of nitrogens with two attached hydrogens (primary N) is 1. The lowest BCUT2D eigenvalue weighted by Crippen LogP contribution is -2.25. The van der Waals surface area contributed by atoms with Crippen LogP contribution in [0.1, 0.15) is 31.1 Å². The van der Waals surface area contributed by atoms with Gasteiger partial charge in [-0.25, -0.2) is 18.0 Å². The molecule has 0 aliphatic heterocycles. The average molecular weight is 247 g/mol. The molecule has 2 N–H and O–H groups in total. The van der Waals surface area contributed by atoms with E-state index in [4.69, 9.17) is 10.5 Å². The van der Waals surface area contributed by atoms with Gasteiger partial charge in [0.2, 0.25) is 0 Å². The standard InChI is InChI=1S/C11H12F3NO2/c1-11(2,3)17-10(16)5-4-6(15)8(13)9(14)7(5)12/h4H,15H2,1-3H3. The van der Waals surface area contributed by atoms with E-state index >= 15 is 0 Å². The second-order valence-corrected chi connectivity index (χ2v) is 4.46. The number of nitrogen functional groups attached to an aromatic ring is 1. The number of carbonyl (C=O) groups excluding carboxylic acids is 1. The Morgan fingerprint density at radius 2 is 1.71 bits per heavy atom. The molecular weight excluding hydrogens is 235 g/mol. The summed E-state index contributed by atoms with van der Waals surface area (Å²) in [5.74, 6) is -6.01. The number of esters is 1. The third-order valence-corrected chi connectivity index (χ3v) is 1.79. The number of halogens is 3. The Balaban J connectivity index is 3.20. The predicted molar refractivity (Wildman–Crippen MR) is 55.9 cm³/mol. The van der Waals surface area contributed by atoms with Crippen LogP contribution >= 0.6 is 0 Å². The van der Waals surface area contributed by atoms with Gasteiger partial charge in [-0.2, -0.15) is 0 Å². The van der Waals surface area contributed by atoms with Crippen LogP contribution in [0.4, 0.5) is 18.9 Å². The van der Waals surface area contributed by atoms with Crippen LogP contribution in [0.15, 0.2) is 6.07 Å². The molecule has 6 heteroatoms. The highest BCUT2D eigenvalue weighted by Crippen LogP contribution is 2.23. The van der Waals surface area contributed by atoms with E-state index < -0.39 is 40.3 Å². The first-order valence-corrected chi connectivity index (χ1v) is 4.80. The summed E-state index contributed by atoms with van der Waals surface area (Å²) in [4.78, 5) is 11.5. The van der Waals surface area contributed by atoms with Crippen LogP contribution in [0.25, 0.3) is 0 Å². The van der Waals surface area contributed by atoms with Crippen molar-refractivity contribution in [1.82, 2.24) is 0 Å². The van der Waals surface area contributed by atoms with E-state index in [-0.39, 0.29) is 0 Å². The second kappa shape index (κ2) is 4.27. The summed E-state index contributed by atoms with van der Waals surface area (Å²) in [5, 5.41) is 0. The molecule has 0 saturated heterocycles. The van der Waals surface area contributed by atoms with Gasteiger partial charge in [0.05, 0.1) is 5.69 Å². The summed E-state index contributed by atoms with van der Waals surface area (Å²) in [5.41, 5.74) is 2.86. The van der Waals surface area contributed by atoms with E-state index in [0.717, 1.165) is 0 Å². The quantitative estimate of drug-likeness (QED) is 0.471. The maximum Gasteiger partial charge on any atom is 0.341 e. The monoisotopic (exact) mass is 247 g/mol. The van der Waals surface area contributed by atoms with Crippen molar-refractivity contribution in [2.24, 2.45) is 0 Å². The fraction of sp³-hybridized carbons (Fsp3) is 0.364. The third kappa shape index (κ3) is 2.89. The minimum atomic E-state index is -1.79. The molecule has 0 amide bonds. The van der Waals surface area contributed by atoms with E-state index in [9.17, 15) is 18.0 Å². The van der Waals surface area contributed by atoms with Crippen LogP contribution in [0.2, 0.25) is 0 Å². The van der Waals surface area contributed by atoms with Gasteiger partial charge in [-0.1, -0.05) is 0 Å². The Labute approximate surface area is 96.4 Å². The van der Waals surface area contributed by atoms with Crippen LogP contribution in [0, 0.1) is 17.5 Å². The first-order chi connectivity index (χ1) is 7.63. The molecule has 0 radical (unpaired) electrons. The van der Waals surface area contributed by atoms with Crippen molar-refractivity contribution in [3.63, 3.8) is 0 Å². The molecule has 0 fully saturated rings. The molecule has 0 spiro atoms. The molecule has 94 valence electrons. The zero-order valence-corrected chi connectivity index (χ0v) is 9.61. The topological polar surface area (TPSA) is 52.3 Å². The second-order valence-electron chi connectivity index (χ2n) is 4.46. The van der Waals surface area contributed by atoms with Crippen LogP contribution in [0.3, 0.4) is 0 Å². The predicted octanol–water partition coefficient (Wildman–Crippen LogP) is 2.64. The van der Waals surface area contributed by atoms with Gasteiger partial charge in [0.15, 0.2) is 17.5 Å². The van der Waals surface area contributed by atoms with Crippen molar-refractivity contribution in [3.8, 4) is 0 Å². The fourth-order valence-corrected chi connectivity index (χ4v) is 1.11. The molecule has 0 unspecified atom stereocenters. The third-order valence-electron chi connectivity index (χ3n) is 1.79. The first-order valence-electron chi connectivity index (χ1n) is 4.80. The van der Waals surface area contributed by atoms with E-state index in [1.54, 1.807) is 20.8 Å². The van der Waals surface area contributed by atoms with Gasteiger partial charge in [-0.05, 0) is 26.8 Å². The Hall–Kier alpha value is -1.72. The fourth-order valence-electron chi connectivity index (χ4n) is 1.11. The van der Waals surface area contributed by atoms with E-state index in [1.807, 2.05) is 0 Å². The maximum atomic E-state index is 13.3. The Bertz CT molecular complexity index is 467. The normalized spacial score (nSPS) is 11.4. The summed E-state index contributed by atoms with van der Waals surface area (Å²) < 4.78 is 44.0. The van der Waals surface area contributed by atoms with Gasteiger partial charge in [0.1, 0.15) is 11.2 Å². The van der Waals surface area contributed by atoms with E-state index in [1.165, 1.54) is 0 Å². The number of carbonyl (C=O) groups is 1. The number of anilines is 1. The molecule has 1 rings (SSSR count). The summed E-state index contributed by atoms with van der Waals surface area (Å²) in [6.07, 6.45) is 0. The molecule has 0 bridgehead atoms. The van der Waals surface area contributed by atoms with Crippen LogP contribution in [-0.4, -0.2) is 11.6 Å². The molecule has 17 heavy (non-hydrogen) atoms. The lowest BCUT2D eigenvalue weighted by atomic mass is 10.1. The lowest BCUT2D eigenvalue weighted by Gasteiger charge is -2.19. The molecule has 0 heterocycles. The van der Waals surface area contributed by atoms with Crippen molar-refractivity contribution in [2.45, 2.75) is 26.4 Å². The van der Waals surface area contributed by atoms with Crippen molar-refractivity contribution in [3.05, 3.63) is 29.1 Å². The van der Waals surface area contributed by atoms with Crippen molar-refractivity contribution < 1.29 is 22.7 Å². The molecule has 0 atom stereocenters. The van der Waals surface area contributed by atoms with Crippen molar-refractivity contribution in [2.75, 3.05) is 5.73 Å². The number of hydrogen-bond acceptors (Lipinski definition) is 3. The first kappa shape index (κ1) is 13.3. The van der Waals surface area contributed by atoms with Gasteiger partial charge < -0.3 is 10.5 Å². The molecule has 0 aliphatic rings. The summed E-state index contributed by atoms with van der Waals surface area (Å²) in [6, 6.07) is 0.710. The summed E-state index contributed by atoms with van der Waals surface area (Å²) in [7, 11) is 0. The van der Waals surface area contributed by atoms with Gasteiger partial charge in [-0.15, -0.1) is 0 Å². The zero-order chi connectivity index (χ0) is 13.4. The van der Waals surface area contributed by atoms with Crippen molar-refractivity contribution >= 4 is 11.7 Å². The molecule has 0 aromatic heterocycles. The van der Waals surface area contributed by atoms with E-state index in [0.29, 0.717) is 6.07 Å². The summed E-state index contributed by atoms with van der Waals surface area (Å²) >= 11 is 0. The number of ether oxygens (including phenoxy) is 1. The number of benzene rings is 1. The molecule has 1 aromatic carbocycles. The minimum Gasteiger partial charge on any atom is -0.456 e. The molecule has 3 nitrogen and oxygen atoms in total. The van der Waals surface area contributed by atoms with Crippen molar-refractivity contribution in [1.29, 1.82) is 0 Å². The maximum absolute atomic E-state index is 13.3. The Kier molecular flexibility index (Phi) is 3.35. The molecule has 0 aliphatic carbocycles. The minimum absolute atomic E-state index is 0.648. The smallest absolute Gasteiger partial charge is 0.341 e. The summed E-state index contributed by atoms with van der Waals surface area (Å²) in [6.45, 7) is 4.68. The van der Waals surface area contributed by atoms with E-state index in [2.05, 4.69) is 0 Å². The van der Waals surface area contributed by atoms with Crippen LogP contribution < -0.4 is 5.73 Å². The van der Waals surface area contributed by atoms with Gasteiger partial charge in [0.25, 0.3) is 0 Å². The molecular formula is C11H12F3NO2. The van der Waals surface area contributed by atoms with Crippen LogP contribution in [0.5, 0.6) is 0 Å². The average Bonchev–Trinajstić information content (AvgIpc) is 2.17. The van der Waals surface area contributed by atoms with Gasteiger partial charge in [-0.3, -0.25) is 0 Å². The van der Waals surface area contributed by atoms with Gasteiger partial charge >= 0.3 is 5.97 Å². The molecule has 0 saturated carbocycles. The largest absolute Gasteiger partial charge is 0.456 e. The highest BCUT2D eigenvalue weighted by atomic mass is 19.2. The number of rotatable bonds is 1. The lowest BCUT2D eigenvalue weighted by molar-refractivity contribution is 0.00635. The zero-order valence-electron chi connectivity index (χ0n) is 9.61. The SMILES string of the molecule is CC(C)(C)OC(=O)c1cc(N)c(F)c(F)c1F. The Morgan fingerprint density at radius 1 is 1.18 bits per heavy atom. The Morgan fingerprint density at radius 3 is 2.18 bits per heavy atom. The van der Waals surface area contributed by atoms with Crippen LogP contribution in [-0.2, 0) is 4.74 Å². The molecule has 1 aromatic rings. The number of hydrogen-bond donors (Lipinski definition) is 1.